The summed E-state index contributed by atoms with van der Waals surface area (Å²) < 4.78 is 4.78. The van der Waals surface area contributed by atoms with E-state index in [0.717, 1.165) is 54.4 Å². The van der Waals surface area contributed by atoms with Crippen molar-refractivity contribution in [2.75, 3.05) is 69.5 Å². The van der Waals surface area contributed by atoms with E-state index in [4.69, 9.17) is 4.74 Å². The van der Waals surface area contributed by atoms with Crippen LogP contribution in [-0.4, -0.2) is 87.0 Å². The number of rotatable bonds is 10. The van der Waals surface area contributed by atoms with Gasteiger partial charge < -0.3 is 25.2 Å². The molecule has 3 aromatic rings. The van der Waals surface area contributed by atoms with Gasteiger partial charge in [-0.05, 0) is 61.5 Å². The van der Waals surface area contributed by atoms with Gasteiger partial charge in [0.05, 0.1) is 13.7 Å². The molecule has 2 heterocycles. The minimum atomic E-state index is -0.597. The van der Waals surface area contributed by atoms with Crippen LogP contribution in [0.2, 0.25) is 0 Å². The van der Waals surface area contributed by atoms with E-state index in [2.05, 4.69) is 32.5 Å². The highest BCUT2D eigenvalue weighted by molar-refractivity contribution is 5.99. The molecule has 41 heavy (non-hydrogen) atoms. The van der Waals surface area contributed by atoms with Crippen LogP contribution in [0.1, 0.15) is 28.5 Å². The molecule has 10 nitrogen and oxygen atoms in total. The molecule has 0 atom stereocenters. The van der Waals surface area contributed by atoms with Crippen LogP contribution in [-0.2, 0) is 14.3 Å². The lowest BCUT2D eigenvalue weighted by molar-refractivity contribution is -0.119. The third-order valence-corrected chi connectivity index (χ3v) is 7.18. The molecule has 0 unspecified atom stereocenters. The zero-order valence-corrected chi connectivity index (χ0v) is 23.9. The van der Waals surface area contributed by atoms with Crippen LogP contribution in [0, 0.1) is 0 Å². The lowest BCUT2D eigenvalue weighted by Gasteiger charge is -2.32. The van der Waals surface area contributed by atoms with Gasteiger partial charge >= 0.3 is 5.97 Å². The van der Waals surface area contributed by atoms with Crippen molar-refractivity contribution in [2.45, 2.75) is 6.92 Å². The summed E-state index contributed by atoms with van der Waals surface area (Å²) in [6.07, 6.45) is 0.524. The maximum Gasteiger partial charge on any atom is 0.356 e. The van der Waals surface area contributed by atoms with E-state index >= 15 is 0 Å². The Balaban J connectivity index is 1.59. The molecule has 0 saturated carbocycles. The molecule has 1 aliphatic rings. The number of carbonyl (C=O) groups is 3. The average molecular weight is 557 g/mol. The van der Waals surface area contributed by atoms with Crippen molar-refractivity contribution >= 4 is 46.7 Å². The summed E-state index contributed by atoms with van der Waals surface area (Å²) >= 11 is 0. The zero-order chi connectivity index (χ0) is 29.4. The van der Waals surface area contributed by atoms with E-state index in [1.165, 1.54) is 7.11 Å². The molecule has 0 radical (unpaired) electrons. The van der Waals surface area contributed by atoms with Crippen molar-refractivity contribution in [1.82, 2.24) is 14.8 Å². The SMILES string of the molecule is COC(=O)c1ccc(/C(C)=C(/Nc2ccc(N(C)C(=O)CN3CCN(C)CC3)cc2)c2ccccc2)c(NC=O)n1. The average Bonchev–Trinajstić information content (AvgIpc) is 3.00. The van der Waals surface area contributed by atoms with Gasteiger partial charge in [0.1, 0.15) is 5.82 Å². The normalized spacial score (nSPS) is 14.5. The van der Waals surface area contributed by atoms with Crippen LogP contribution < -0.4 is 15.5 Å². The second kappa shape index (κ2) is 13.7. The summed E-state index contributed by atoms with van der Waals surface area (Å²) in [6, 6.07) is 20.7. The van der Waals surface area contributed by atoms with Crippen LogP contribution in [0.3, 0.4) is 0 Å². The first-order valence-corrected chi connectivity index (χ1v) is 13.4. The topological polar surface area (TPSA) is 107 Å². The predicted octanol–water partition coefficient (Wildman–Crippen LogP) is 3.65. The Morgan fingerprint density at radius 1 is 1.00 bits per heavy atom. The van der Waals surface area contributed by atoms with Gasteiger partial charge in [0.2, 0.25) is 12.3 Å². The Morgan fingerprint density at radius 2 is 1.68 bits per heavy atom. The molecule has 1 saturated heterocycles. The van der Waals surface area contributed by atoms with Gasteiger partial charge in [-0.1, -0.05) is 30.3 Å². The van der Waals surface area contributed by atoms with Crippen molar-refractivity contribution < 1.29 is 19.1 Å². The number of allylic oxidation sites excluding steroid dienone is 1. The minimum absolute atomic E-state index is 0.0501. The Bertz CT molecular complexity index is 1400. The number of esters is 1. The Labute approximate surface area is 240 Å². The standard InChI is InChI=1S/C31H36N6O4/c1-22(26-14-15-27(31(40)41-4)34-30(26)32-21-38)29(23-8-6-5-7-9-23)33-24-10-12-25(13-11-24)36(3)28(39)20-37-18-16-35(2)17-19-37/h5-15,21,33H,16-20H2,1-4H3,(H,32,34,38)/b29-22+. The number of nitrogens with zero attached hydrogens (tertiary/aromatic N) is 4. The quantitative estimate of drug-likeness (QED) is 0.288. The molecule has 2 amide bonds. The van der Waals surface area contributed by atoms with Crippen LogP contribution in [0.4, 0.5) is 17.2 Å². The third-order valence-electron chi connectivity index (χ3n) is 7.18. The van der Waals surface area contributed by atoms with E-state index < -0.39 is 5.97 Å². The van der Waals surface area contributed by atoms with E-state index in [1.54, 1.807) is 24.1 Å². The molecular weight excluding hydrogens is 520 g/mol. The van der Waals surface area contributed by atoms with Crippen molar-refractivity contribution in [3.8, 4) is 0 Å². The number of anilines is 3. The molecule has 0 bridgehead atoms. The van der Waals surface area contributed by atoms with Gasteiger partial charge in [-0.15, -0.1) is 0 Å². The highest BCUT2D eigenvalue weighted by Crippen LogP contribution is 2.32. The third kappa shape index (κ3) is 7.36. The van der Waals surface area contributed by atoms with Gasteiger partial charge in [-0.2, -0.15) is 0 Å². The molecule has 1 aliphatic heterocycles. The first-order chi connectivity index (χ1) is 19.8. The first-order valence-electron chi connectivity index (χ1n) is 13.4. The number of piperazine rings is 1. The monoisotopic (exact) mass is 556 g/mol. The number of nitrogens with one attached hydrogen (secondary N) is 2. The molecule has 2 aromatic carbocycles. The molecule has 10 heteroatoms. The van der Waals surface area contributed by atoms with Gasteiger partial charge in [0.25, 0.3) is 0 Å². The number of hydrogen-bond donors (Lipinski definition) is 2. The maximum atomic E-state index is 12.9. The highest BCUT2D eigenvalue weighted by atomic mass is 16.5. The fourth-order valence-corrected chi connectivity index (χ4v) is 4.63. The smallest absolute Gasteiger partial charge is 0.356 e. The zero-order valence-electron chi connectivity index (χ0n) is 23.9. The lowest BCUT2D eigenvalue weighted by atomic mass is 10.0. The van der Waals surface area contributed by atoms with Gasteiger partial charge in [0.15, 0.2) is 5.69 Å². The minimum Gasteiger partial charge on any atom is -0.464 e. The summed E-state index contributed by atoms with van der Waals surface area (Å²) in [6.45, 7) is 6.01. The van der Waals surface area contributed by atoms with E-state index in [1.807, 2.05) is 61.5 Å². The molecule has 1 fully saturated rings. The van der Waals surface area contributed by atoms with Crippen molar-refractivity contribution in [3.63, 3.8) is 0 Å². The summed E-state index contributed by atoms with van der Waals surface area (Å²) in [5.74, 6) is -0.304. The summed E-state index contributed by atoms with van der Waals surface area (Å²) in [5.41, 5.74) is 4.86. The molecule has 0 aliphatic carbocycles. The highest BCUT2D eigenvalue weighted by Gasteiger charge is 2.20. The molecule has 4 rings (SSSR count). The fourth-order valence-electron chi connectivity index (χ4n) is 4.63. The maximum absolute atomic E-state index is 12.9. The van der Waals surface area contributed by atoms with Gasteiger partial charge in [-0.25, -0.2) is 9.78 Å². The number of amides is 2. The van der Waals surface area contributed by atoms with E-state index in [9.17, 15) is 14.4 Å². The van der Waals surface area contributed by atoms with Crippen molar-refractivity contribution in [2.24, 2.45) is 0 Å². The van der Waals surface area contributed by atoms with Crippen LogP contribution >= 0.6 is 0 Å². The number of carbonyl (C=O) groups excluding carboxylic acids is 3. The Hall–Kier alpha value is -4.54. The lowest BCUT2D eigenvalue weighted by Crippen LogP contribution is -2.48. The molecule has 1 aromatic heterocycles. The predicted molar refractivity (Wildman–Crippen MR) is 162 cm³/mol. The molecule has 214 valence electrons. The van der Waals surface area contributed by atoms with Crippen LogP contribution in [0.15, 0.2) is 66.7 Å². The first kappa shape index (κ1) is 29.4. The summed E-state index contributed by atoms with van der Waals surface area (Å²) in [7, 11) is 5.17. The Kier molecular flexibility index (Phi) is 9.83. The van der Waals surface area contributed by atoms with Crippen LogP contribution in [0.25, 0.3) is 11.3 Å². The van der Waals surface area contributed by atoms with Crippen LogP contribution in [0.5, 0.6) is 0 Å². The number of benzene rings is 2. The van der Waals surface area contributed by atoms with Gasteiger partial charge in [-0.3, -0.25) is 14.5 Å². The van der Waals surface area contributed by atoms with E-state index in [0.29, 0.717) is 18.5 Å². The van der Waals surface area contributed by atoms with E-state index in [-0.39, 0.29) is 17.4 Å². The fraction of sp³-hybridized carbons (Fsp3) is 0.290. The summed E-state index contributed by atoms with van der Waals surface area (Å²) in [5, 5.41) is 6.11. The number of likely N-dealkylation sites (N-methyl/N-ethyl adjacent to an activating group) is 2. The van der Waals surface area contributed by atoms with Crippen molar-refractivity contribution in [3.05, 3.63) is 83.6 Å². The largest absolute Gasteiger partial charge is 0.464 e. The number of ether oxygens (including phenoxy) is 1. The Morgan fingerprint density at radius 3 is 2.32 bits per heavy atom. The van der Waals surface area contributed by atoms with Gasteiger partial charge in [0, 0.05) is 55.9 Å². The second-order valence-corrected chi connectivity index (χ2v) is 9.92. The number of methoxy groups -OCH3 is 1. The van der Waals surface area contributed by atoms with Crippen molar-refractivity contribution in [1.29, 1.82) is 0 Å². The number of pyridine rings is 1. The molecule has 0 spiro atoms. The number of hydrogen-bond acceptors (Lipinski definition) is 8. The summed E-state index contributed by atoms with van der Waals surface area (Å²) in [4.78, 5) is 46.8. The molecule has 2 N–H and O–H groups in total. The molecular formula is C31H36N6O4. The second-order valence-electron chi connectivity index (χ2n) is 9.92. The number of aromatic nitrogens is 1.